The SMILES string of the molecule is CCCCCCC/C=C\C/C=C\CCCCCCCCCCCCCC(=O)OC(COC(=O)CCCCCCCCCCCC)COC(=O)CCCCCCCCCCCCCCCCCCCCCCCCCCCCC. The minimum absolute atomic E-state index is 0.0656. The number of rotatable bonds is 66. The van der Waals surface area contributed by atoms with Gasteiger partial charge in [-0.1, -0.05) is 353 Å². The number of hydrogen-bond acceptors (Lipinski definition) is 6. The van der Waals surface area contributed by atoms with E-state index in [0.717, 1.165) is 64.2 Å². The summed E-state index contributed by atoms with van der Waals surface area (Å²) in [7, 11) is 0. The molecule has 0 saturated carbocycles. The van der Waals surface area contributed by atoms with E-state index < -0.39 is 6.10 Å². The normalized spacial score (nSPS) is 12.1. The molecule has 0 aromatic carbocycles. The first-order valence-corrected chi connectivity index (χ1v) is 35.3. The molecule has 0 aliphatic heterocycles. The molecule has 0 aromatic rings. The van der Waals surface area contributed by atoms with Crippen molar-refractivity contribution in [1.82, 2.24) is 0 Å². The summed E-state index contributed by atoms with van der Waals surface area (Å²) in [6, 6.07) is 0. The van der Waals surface area contributed by atoms with Gasteiger partial charge in [-0.05, 0) is 51.4 Å². The van der Waals surface area contributed by atoms with Gasteiger partial charge in [-0.2, -0.15) is 0 Å². The van der Waals surface area contributed by atoms with Crippen LogP contribution >= 0.6 is 0 Å². The highest BCUT2D eigenvalue weighted by atomic mass is 16.6. The summed E-state index contributed by atoms with van der Waals surface area (Å²) in [5, 5.41) is 0. The summed E-state index contributed by atoms with van der Waals surface area (Å²) in [6.07, 6.45) is 82.2. The van der Waals surface area contributed by atoms with Gasteiger partial charge < -0.3 is 14.2 Å². The Bertz CT molecular complexity index is 1260. The second-order valence-electron chi connectivity index (χ2n) is 24.2. The predicted octanol–water partition coefficient (Wildman–Crippen LogP) is 24.2. The molecule has 0 aromatic heterocycles. The van der Waals surface area contributed by atoms with Crippen molar-refractivity contribution < 1.29 is 28.6 Å². The molecule has 1 atom stereocenters. The summed E-state index contributed by atoms with van der Waals surface area (Å²) in [5.74, 6) is -0.839. The molecule has 6 heteroatoms. The van der Waals surface area contributed by atoms with E-state index in [9.17, 15) is 14.4 Å². The van der Waals surface area contributed by atoms with Crippen molar-refractivity contribution in [3.05, 3.63) is 24.3 Å². The van der Waals surface area contributed by atoms with Gasteiger partial charge in [0.2, 0.25) is 0 Å². The number of allylic oxidation sites excluding steroid dienone is 4. The number of carbonyl (C=O) groups excluding carboxylic acids is 3. The highest BCUT2D eigenvalue weighted by Crippen LogP contribution is 2.19. The van der Waals surface area contributed by atoms with Crippen LogP contribution in [0, 0.1) is 0 Å². The Morgan fingerprint density at radius 3 is 0.705 bits per heavy atom. The molecule has 0 aliphatic carbocycles. The number of ether oxygens (including phenoxy) is 3. The second kappa shape index (κ2) is 67.4. The van der Waals surface area contributed by atoms with Gasteiger partial charge in [0, 0.05) is 19.3 Å². The van der Waals surface area contributed by atoms with Crippen molar-refractivity contribution in [3.8, 4) is 0 Å². The van der Waals surface area contributed by atoms with E-state index in [-0.39, 0.29) is 31.1 Å². The first-order chi connectivity index (χ1) is 38.5. The van der Waals surface area contributed by atoms with E-state index in [0.29, 0.717) is 19.3 Å². The average molecular weight is 1100 g/mol. The minimum Gasteiger partial charge on any atom is -0.462 e. The molecule has 0 N–H and O–H groups in total. The van der Waals surface area contributed by atoms with Crippen LogP contribution in [0.15, 0.2) is 24.3 Å². The van der Waals surface area contributed by atoms with Gasteiger partial charge in [0.25, 0.3) is 0 Å². The van der Waals surface area contributed by atoms with Crippen LogP contribution in [0.3, 0.4) is 0 Å². The molecule has 0 aliphatic rings. The molecular weight excluding hydrogens is 961 g/mol. The zero-order valence-electron chi connectivity index (χ0n) is 53.0. The van der Waals surface area contributed by atoms with Gasteiger partial charge in [-0.15, -0.1) is 0 Å². The summed E-state index contributed by atoms with van der Waals surface area (Å²) < 4.78 is 17.0. The lowest BCUT2D eigenvalue weighted by Gasteiger charge is -2.18. The third-order valence-electron chi connectivity index (χ3n) is 16.2. The number of unbranched alkanes of at least 4 members (excludes halogenated alkanes) is 51. The van der Waals surface area contributed by atoms with E-state index in [4.69, 9.17) is 14.2 Å². The van der Waals surface area contributed by atoms with Crippen molar-refractivity contribution >= 4 is 17.9 Å². The molecule has 0 bridgehead atoms. The van der Waals surface area contributed by atoms with Gasteiger partial charge in [0.05, 0.1) is 0 Å². The molecular formula is C72H136O6. The van der Waals surface area contributed by atoms with E-state index >= 15 is 0 Å². The number of esters is 3. The van der Waals surface area contributed by atoms with Crippen LogP contribution in [0.4, 0.5) is 0 Å². The Hall–Kier alpha value is -2.11. The maximum Gasteiger partial charge on any atom is 0.306 e. The first kappa shape index (κ1) is 75.9. The van der Waals surface area contributed by atoms with E-state index in [1.807, 2.05) is 0 Å². The van der Waals surface area contributed by atoms with Crippen molar-refractivity contribution in [2.24, 2.45) is 0 Å². The Labute approximate surface area is 487 Å². The largest absolute Gasteiger partial charge is 0.462 e. The highest BCUT2D eigenvalue weighted by Gasteiger charge is 2.19. The Morgan fingerprint density at radius 2 is 0.462 bits per heavy atom. The third-order valence-corrected chi connectivity index (χ3v) is 16.2. The van der Waals surface area contributed by atoms with Crippen LogP contribution in [0.25, 0.3) is 0 Å². The van der Waals surface area contributed by atoms with Gasteiger partial charge in [0.1, 0.15) is 13.2 Å². The Morgan fingerprint density at radius 1 is 0.256 bits per heavy atom. The first-order valence-electron chi connectivity index (χ1n) is 35.3. The van der Waals surface area contributed by atoms with Crippen molar-refractivity contribution in [3.63, 3.8) is 0 Å². The molecule has 0 spiro atoms. The summed E-state index contributed by atoms with van der Waals surface area (Å²) >= 11 is 0. The van der Waals surface area contributed by atoms with Crippen molar-refractivity contribution in [1.29, 1.82) is 0 Å². The fourth-order valence-electron chi connectivity index (χ4n) is 10.9. The molecule has 78 heavy (non-hydrogen) atoms. The quantitative estimate of drug-likeness (QED) is 0.0261. The molecule has 0 rings (SSSR count). The number of carbonyl (C=O) groups is 3. The minimum atomic E-state index is -0.768. The topological polar surface area (TPSA) is 78.9 Å². The molecule has 0 heterocycles. The third kappa shape index (κ3) is 64.7. The lowest BCUT2D eigenvalue weighted by atomic mass is 10.0. The fourth-order valence-corrected chi connectivity index (χ4v) is 10.9. The molecule has 0 radical (unpaired) electrons. The molecule has 6 nitrogen and oxygen atoms in total. The molecule has 0 fully saturated rings. The zero-order valence-corrected chi connectivity index (χ0v) is 53.0. The standard InChI is InChI=1S/C72H136O6/c1-4-7-10-13-16-19-22-24-26-28-30-32-34-35-36-37-39-40-42-44-46-48-50-53-56-59-62-65-71(74)77-68-69(67-76-70(73)64-61-58-55-52-21-18-15-12-9-6-3)78-72(75)66-63-60-57-54-51-49-47-45-43-41-38-33-31-29-27-25-23-20-17-14-11-8-5-2/h23,25,29,31,69H,4-22,24,26-28,30,32-68H2,1-3H3/b25-23-,31-29-. The Kier molecular flexibility index (Phi) is 65.6. The lowest BCUT2D eigenvalue weighted by molar-refractivity contribution is -0.167. The average Bonchev–Trinajstić information content (AvgIpc) is 3.44. The van der Waals surface area contributed by atoms with Crippen molar-refractivity contribution in [2.45, 2.75) is 406 Å². The van der Waals surface area contributed by atoms with E-state index in [1.165, 1.54) is 295 Å². The Balaban J connectivity index is 4.13. The maximum atomic E-state index is 12.9. The van der Waals surface area contributed by atoms with Crippen LogP contribution < -0.4 is 0 Å². The fraction of sp³-hybridized carbons (Fsp3) is 0.903. The maximum absolute atomic E-state index is 12.9. The van der Waals surface area contributed by atoms with E-state index in [1.54, 1.807) is 0 Å². The van der Waals surface area contributed by atoms with Gasteiger partial charge >= 0.3 is 17.9 Å². The second-order valence-corrected chi connectivity index (χ2v) is 24.2. The van der Waals surface area contributed by atoms with Crippen LogP contribution in [-0.4, -0.2) is 37.2 Å². The lowest BCUT2D eigenvalue weighted by Crippen LogP contribution is -2.30. The molecule has 1 unspecified atom stereocenters. The summed E-state index contributed by atoms with van der Waals surface area (Å²) in [6.45, 7) is 6.69. The van der Waals surface area contributed by atoms with Gasteiger partial charge in [-0.3, -0.25) is 14.4 Å². The van der Waals surface area contributed by atoms with Crippen LogP contribution in [0.2, 0.25) is 0 Å². The summed E-state index contributed by atoms with van der Waals surface area (Å²) in [4.78, 5) is 38.3. The van der Waals surface area contributed by atoms with Gasteiger partial charge in [-0.25, -0.2) is 0 Å². The molecule has 0 amide bonds. The highest BCUT2D eigenvalue weighted by molar-refractivity contribution is 5.71. The van der Waals surface area contributed by atoms with Crippen molar-refractivity contribution in [2.75, 3.05) is 13.2 Å². The van der Waals surface area contributed by atoms with Crippen LogP contribution in [0.5, 0.6) is 0 Å². The summed E-state index contributed by atoms with van der Waals surface area (Å²) in [5.41, 5.74) is 0. The molecule has 0 saturated heterocycles. The van der Waals surface area contributed by atoms with Gasteiger partial charge in [0.15, 0.2) is 6.10 Å². The van der Waals surface area contributed by atoms with Crippen LogP contribution in [0.1, 0.15) is 400 Å². The molecule has 460 valence electrons. The monoisotopic (exact) mass is 1100 g/mol. The predicted molar refractivity (Wildman–Crippen MR) is 340 cm³/mol. The zero-order chi connectivity index (χ0) is 56.4. The number of hydrogen-bond donors (Lipinski definition) is 0. The van der Waals surface area contributed by atoms with E-state index in [2.05, 4.69) is 45.1 Å². The van der Waals surface area contributed by atoms with Crippen LogP contribution in [-0.2, 0) is 28.6 Å². The smallest absolute Gasteiger partial charge is 0.306 e.